The van der Waals surface area contributed by atoms with Gasteiger partial charge in [-0.3, -0.25) is 4.90 Å². The zero-order valence-corrected chi connectivity index (χ0v) is 17.6. The van der Waals surface area contributed by atoms with E-state index >= 15 is 0 Å². The van der Waals surface area contributed by atoms with Gasteiger partial charge in [-0.2, -0.15) is 0 Å². The molecule has 1 N–H and O–H groups in total. The molecule has 0 aromatic heterocycles. The van der Waals surface area contributed by atoms with E-state index in [1.54, 1.807) is 28.4 Å². The maximum Gasteiger partial charge on any atom is 0.161 e. The molecule has 0 amide bonds. The van der Waals surface area contributed by atoms with Crippen LogP contribution in [0, 0.1) is 0 Å². The van der Waals surface area contributed by atoms with Crippen molar-refractivity contribution in [1.29, 1.82) is 0 Å². The smallest absolute Gasteiger partial charge is 0.161 e. The summed E-state index contributed by atoms with van der Waals surface area (Å²) < 4.78 is 26.7. The van der Waals surface area contributed by atoms with Crippen LogP contribution < -0.4 is 18.9 Å². The predicted octanol–water partition coefficient (Wildman–Crippen LogP) is 2.60. The summed E-state index contributed by atoms with van der Waals surface area (Å²) in [4.78, 5) is 2.12. The third kappa shape index (κ3) is 7.45. The molecule has 1 atom stereocenters. The van der Waals surface area contributed by atoms with Crippen LogP contribution in [-0.4, -0.2) is 70.9 Å². The summed E-state index contributed by atoms with van der Waals surface area (Å²) in [5.74, 6) is 2.82. The van der Waals surface area contributed by atoms with Crippen LogP contribution in [0.2, 0.25) is 0 Å². The molecule has 29 heavy (non-hydrogen) atoms. The molecule has 0 aliphatic heterocycles. The summed E-state index contributed by atoms with van der Waals surface area (Å²) in [7, 11) is 6.51. The molecule has 0 bridgehead atoms. The van der Waals surface area contributed by atoms with Gasteiger partial charge >= 0.3 is 0 Å². The lowest BCUT2D eigenvalue weighted by atomic mass is 10.1. The highest BCUT2D eigenvalue weighted by atomic mass is 16.5. The lowest BCUT2D eigenvalue weighted by molar-refractivity contribution is 0.0542. The Bertz CT molecular complexity index is 722. The molecule has 0 saturated heterocycles. The SMILES string of the molecule is COCCN(Cc1ccc(OC)c(OC)c1)CC(O)COc1ccc(OC)cc1. The number of hydrogen-bond donors (Lipinski definition) is 1. The van der Waals surface area contributed by atoms with Gasteiger partial charge in [0.15, 0.2) is 11.5 Å². The van der Waals surface area contributed by atoms with Crippen LogP contribution in [0.1, 0.15) is 5.56 Å². The van der Waals surface area contributed by atoms with E-state index < -0.39 is 6.10 Å². The Hall–Kier alpha value is -2.48. The first-order valence-corrected chi connectivity index (χ1v) is 9.46. The fourth-order valence-electron chi connectivity index (χ4n) is 2.91. The Morgan fingerprint density at radius 2 is 1.55 bits per heavy atom. The first kappa shape index (κ1) is 22.8. The van der Waals surface area contributed by atoms with Crippen LogP contribution in [0.15, 0.2) is 42.5 Å². The molecule has 0 aliphatic rings. The second kappa shape index (κ2) is 12.2. The Kier molecular flexibility index (Phi) is 9.56. The normalized spacial score (nSPS) is 11.9. The molecule has 160 valence electrons. The molecule has 1 unspecified atom stereocenters. The Morgan fingerprint density at radius 3 is 2.17 bits per heavy atom. The van der Waals surface area contributed by atoms with Gasteiger partial charge in [0, 0.05) is 26.7 Å². The number of nitrogens with zero attached hydrogens (tertiary/aromatic N) is 1. The average molecular weight is 405 g/mol. The van der Waals surface area contributed by atoms with Crippen LogP contribution in [0.25, 0.3) is 0 Å². The van der Waals surface area contributed by atoms with Gasteiger partial charge in [-0.05, 0) is 42.0 Å². The third-order valence-corrected chi connectivity index (χ3v) is 4.44. The highest BCUT2D eigenvalue weighted by molar-refractivity contribution is 5.42. The van der Waals surface area contributed by atoms with E-state index in [9.17, 15) is 5.11 Å². The molecule has 0 radical (unpaired) electrons. The van der Waals surface area contributed by atoms with Gasteiger partial charge in [0.25, 0.3) is 0 Å². The fraction of sp³-hybridized carbons (Fsp3) is 0.455. The second-order valence-corrected chi connectivity index (χ2v) is 6.56. The number of benzene rings is 2. The van der Waals surface area contributed by atoms with Crippen LogP contribution in [0.5, 0.6) is 23.0 Å². The highest BCUT2D eigenvalue weighted by Gasteiger charge is 2.15. The minimum atomic E-state index is -0.644. The van der Waals surface area contributed by atoms with E-state index in [1.165, 1.54) is 0 Å². The van der Waals surface area contributed by atoms with Crippen LogP contribution >= 0.6 is 0 Å². The van der Waals surface area contributed by atoms with Crippen molar-refractivity contribution in [3.8, 4) is 23.0 Å². The summed E-state index contributed by atoms with van der Waals surface area (Å²) in [6.45, 7) is 2.54. The number of rotatable bonds is 13. The van der Waals surface area contributed by atoms with Crippen molar-refractivity contribution in [2.75, 3.05) is 54.7 Å². The van der Waals surface area contributed by atoms with Gasteiger partial charge in [-0.25, -0.2) is 0 Å². The summed E-state index contributed by atoms with van der Waals surface area (Å²) in [5, 5.41) is 10.5. The topological polar surface area (TPSA) is 69.6 Å². The molecule has 0 aliphatic carbocycles. The molecule has 2 aromatic carbocycles. The van der Waals surface area contributed by atoms with Gasteiger partial charge in [-0.1, -0.05) is 6.07 Å². The molecule has 2 aromatic rings. The van der Waals surface area contributed by atoms with Crippen LogP contribution in [0.4, 0.5) is 0 Å². The van der Waals surface area contributed by atoms with E-state index in [1.807, 2.05) is 42.5 Å². The molecule has 0 heterocycles. The minimum absolute atomic E-state index is 0.196. The lowest BCUT2D eigenvalue weighted by Gasteiger charge is -2.25. The maximum absolute atomic E-state index is 10.5. The zero-order chi connectivity index (χ0) is 21.1. The molecule has 7 nitrogen and oxygen atoms in total. The first-order chi connectivity index (χ1) is 14.1. The average Bonchev–Trinajstić information content (AvgIpc) is 2.76. The summed E-state index contributed by atoms with van der Waals surface area (Å²) in [6, 6.07) is 13.1. The Morgan fingerprint density at radius 1 is 0.862 bits per heavy atom. The van der Waals surface area contributed by atoms with Gasteiger partial charge in [0.1, 0.15) is 24.2 Å². The minimum Gasteiger partial charge on any atom is -0.497 e. The fourth-order valence-corrected chi connectivity index (χ4v) is 2.91. The number of hydrogen-bond acceptors (Lipinski definition) is 7. The molecule has 0 saturated carbocycles. The first-order valence-electron chi connectivity index (χ1n) is 9.46. The maximum atomic E-state index is 10.5. The van der Waals surface area contributed by atoms with Gasteiger partial charge in [0.05, 0.1) is 27.9 Å². The zero-order valence-electron chi connectivity index (χ0n) is 17.6. The molecular weight excluding hydrogens is 374 g/mol. The summed E-state index contributed by atoms with van der Waals surface area (Å²) in [5.41, 5.74) is 1.06. The van der Waals surface area contributed by atoms with Crippen LogP contribution in [-0.2, 0) is 11.3 Å². The monoisotopic (exact) mass is 405 g/mol. The van der Waals surface area contributed by atoms with Gasteiger partial charge < -0.3 is 28.8 Å². The van der Waals surface area contributed by atoms with Crippen molar-refractivity contribution in [3.05, 3.63) is 48.0 Å². The number of methoxy groups -OCH3 is 4. The van der Waals surface area contributed by atoms with Gasteiger partial charge in [-0.15, -0.1) is 0 Å². The second-order valence-electron chi connectivity index (χ2n) is 6.56. The van der Waals surface area contributed by atoms with Gasteiger partial charge in [0.2, 0.25) is 0 Å². The van der Waals surface area contributed by atoms with Crippen molar-refractivity contribution in [2.45, 2.75) is 12.6 Å². The van der Waals surface area contributed by atoms with E-state index in [-0.39, 0.29) is 6.61 Å². The Balaban J connectivity index is 1.94. The molecular formula is C22H31NO6. The lowest BCUT2D eigenvalue weighted by Crippen LogP contribution is -2.37. The van der Waals surface area contributed by atoms with Crippen molar-refractivity contribution >= 4 is 0 Å². The van der Waals surface area contributed by atoms with Crippen LogP contribution in [0.3, 0.4) is 0 Å². The number of aliphatic hydroxyl groups is 1. The molecule has 2 rings (SSSR count). The van der Waals surface area contributed by atoms with E-state index in [4.69, 9.17) is 23.7 Å². The quantitative estimate of drug-likeness (QED) is 0.549. The summed E-state index contributed by atoms with van der Waals surface area (Å²) >= 11 is 0. The largest absolute Gasteiger partial charge is 0.497 e. The number of aliphatic hydroxyl groups excluding tert-OH is 1. The molecule has 0 fully saturated rings. The van der Waals surface area contributed by atoms with Crippen molar-refractivity contribution in [3.63, 3.8) is 0 Å². The standard InChI is InChI=1S/C22H31NO6/c1-25-12-11-23(14-17-5-10-21(27-3)22(13-17)28-4)15-18(24)16-29-20-8-6-19(26-2)7-9-20/h5-10,13,18,24H,11-12,14-16H2,1-4H3. The number of ether oxygens (including phenoxy) is 5. The molecule has 0 spiro atoms. The van der Waals surface area contributed by atoms with Crippen molar-refractivity contribution in [1.82, 2.24) is 4.90 Å². The Labute approximate surface area is 172 Å². The summed E-state index contributed by atoms with van der Waals surface area (Å²) in [6.07, 6.45) is -0.644. The van der Waals surface area contributed by atoms with E-state index in [0.29, 0.717) is 43.5 Å². The van der Waals surface area contributed by atoms with E-state index in [0.717, 1.165) is 11.3 Å². The van der Waals surface area contributed by atoms with E-state index in [2.05, 4.69) is 4.90 Å². The third-order valence-electron chi connectivity index (χ3n) is 4.44. The van der Waals surface area contributed by atoms with Crippen molar-refractivity contribution < 1.29 is 28.8 Å². The highest BCUT2D eigenvalue weighted by Crippen LogP contribution is 2.28. The van der Waals surface area contributed by atoms with Crippen molar-refractivity contribution in [2.24, 2.45) is 0 Å². The predicted molar refractivity (Wildman–Crippen MR) is 111 cm³/mol. The molecule has 7 heteroatoms.